The molecule has 0 unspecified atom stereocenters. The lowest BCUT2D eigenvalue weighted by Gasteiger charge is -2.16. The van der Waals surface area contributed by atoms with Gasteiger partial charge in [-0.15, -0.1) is 10.2 Å². The van der Waals surface area contributed by atoms with E-state index >= 15 is 0 Å². The van der Waals surface area contributed by atoms with Crippen molar-refractivity contribution in [2.45, 2.75) is 33.6 Å². The molecule has 0 saturated carbocycles. The minimum atomic E-state index is -0.161. The molecule has 0 bridgehead atoms. The van der Waals surface area contributed by atoms with Gasteiger partial charge in [-0.3, -0.25) is 4.79 Å². The van der Waals surface area contributed by atoms with E-state index in [1.165, 1.54) is 12.5 Å². The van der Waals surface area contributed by atoms with Gasteiger partial charge < -0.3 is 10.6 Å². The standard InChI is InChI=1S/C16H20N4O/c1-10(2)13-7-5-6-11(3)16(13)18-15-9-8-14(19-20-15)17-12(4)21/h5-10H,1-4H3,(H,18,20)(H,17,19,21). The summed E-state index contributed by atoms with van der Waals surface area (Å²) in [5.74, 6) is 1.35. The van der Waals surface area contributed by atoms with Gasteiger partial charge in [0.1, 0.15) is 0 Å². The Kier molecular flexibility index (Phi) is 4.52. The first kappa shape index (κ1) is 15.0. The molecular formula is C16H20N4O. The van der Waals surface area contributed by atoms with E-state index in [0.29, 0.717) is 17.6 Å². The molecule has 110 valence electrons. The number of hydrogen-bond acceptors (Lipinski definition) is 4. The monoisotopic (exact) mass is 284 g/mol. The number of carbonyl (C=O) groups is 1. The van der Waals surface area contributed by atoms with Crippen molar-refractivity contribution in [1.29, 1.82) is 0 Å². The largest absolute Gasteiger partial charge is 0.338 e. The molecule has 0 fully saturated rings. The van der Waals surface area contributed by atoms with Crippen molar-refractivity contribution in [3.05, 3.63) is 41.5 Å². The zero-order chi connectivity index (χ0) is 15.4. The molecule has 1 aromatic carbocycles. The fourth-order valence-corrected chi connectivity index (χ4v) is 2.12. The highest BCUT2D eigenvalue weighted by Gasteiger charge is 2.10. The highest BCUT2D eigenvalue weighted by Crippen LogP contribution is 2.29. The Hall–Kier alpha value is -2.43. The number of rotatable bonds is 4. The van der Waals surface area contributed by atoms with E-state index in [9.17, 15) is 4.79 Å². The zero-order valence-electron chi connectivity index (χ0n) is 12.8. The van der Waals surface area contributed by atoms with Crippen molar-refractivity contribution in [1.82, 2.24) is 10.2 Å². The van der Waals surface area contributed by atoms with Crippen LogP contribution in [0.1, 0.15) is 37.8 Å². The molecule has 1 aromatic heterocycles. The SMILES string of the molecule is CC(=O)Nc1ccc(Nc2c(C)cccc2C(C)C)nn1. The molecule has 2 aromatic rings. The van der Waals surface area contributed by atoms with Crippen molar-refractivity contribution in [3.63, 3.8) is 0 Å². The lowest BCUT2D eigenvalue weighted by molar-refractivity contribution is -0.114. The molecule has 0 aliphatic carbocycles. The Balaban J connectivity index is 2.24. The Labute approximate surface area is 124 Å². The van der Waals surface area contributed by atoms with Crippen molar-refractivity contribution in [2.24, 2.45) is 0 Å². The summed E-state index contributed by atoms with van der Waals surface area (Å²) in [5.41, 5.74) is 3.46. The van der Waals surface area contributed by atoms with Gasteiger partial charge in [-0.05, 0) is 36.1 Å². The van der Waals surface area contributed by atoms with Crippen LogP contribution < -0.4 is 10.6 Å². The lowest BCUT2D eigenvalue weighted by Crippen LogP contribution is -2.09. The Morgan fingerprint density at radius 2 is 1.76 bits per heavy atom. The third-order valence-corrected chi connectivity index (χ3v) is 3.15. The minimum absolute atomic E-state index is 0.161. The van der Waals surface area contributed by atoms with Crippen LogP contribution in [0.3, 0.4) is 0 Å². The number of para-hydroxylation sites is 1. The summed E-state index contributed by atoms with van der Waals surface area (Å²) in [6, 6.07) is 9.76. The lowest BCUT2D eigenvalue weighted by atomic mass is 9.98. The number of anilines is 3. The van der Waals surface area contributed by atoms with Gasteiger partial charge in [0.15, 0.2) is 11.6 Å². The molecule has 0 radical (unpaired) electrons. The molecule has 0 aliphatic heterocycles. The summed E-state index contributed by atoms with van der Waals surface area (Å²) in [4.78, 5) is 11.0. The predicted molar refractivity (Wildman–Crippen MR) is 84.9 cm³/mol. The predicted octanol–water partition coefficient (Wildman–Crippen LogP) is 3.61. The van der Waals surface area contributed by atoms with Crippen LogP contribution >= 0.6 is 0 Å². The molecule has 0 saturated heterocycles. The van der Waals surface area contributed by atoms with Gasteiger partial charge in [-0.25, -0.2) is 0 Å². The number of amides is 1. The van der Waals surface area contributed by atoms with Gasteiger partial charge in [0, 0.05) is 12.6 Å². The van der Waals surface area contributed by atoms with E-state index < -0.39 is 0 Å². The maximum atomic E-state index is 11.0. The molecule has 2 N–H and O–H groups in total. The van der Waals surface area contributed by atoms with E-state index in [1.807, 2.05) is 0 Å². The van der Waals surface area contributed by atoms with Gasteiger partial charge in [-0.1, -0.05) is 32.0 Å². The second-order valence-electron chi connectivity index (χ2n) is 5.30. The van der Waals surface area contributed by atoms with Crippen LogP contribution in [-0.2, 0) is 4.79 Å². The van der Waals surface area contributed by atoms with Crippen LogP contribution in [0.4, 0.5) is 17.3 Å². The van der Waals surface area contributed by atoms with E-state index in [0.717, 1.165) is 11.3 Å². The number of aryl methyl sites for hydroxylation is 1. The molecule has 5 nitrogen and oxygen atoms in total. The second kappa shape index (κ2) is 6.35. The molecule has 0 atom stereocenters. The Morgan fingerprint density at radius 3 is 2.33 bits per heavy atom. The zero-order valence-corrected chi connectivity index (χ0v) is 12.8. The summed E-state index contributed by atoms with van der Waals surface area (Å²) >= 11 is 0. The summed E-state index contributed by atoms with van der Waals surface area (Å²) in [6.45, 7) is 7.82. The fraction of sp³-hybridized carbons (Fsp3) is 0.312. The number of aromatic nitrogens is 2. The molecule has 5 heteroatoms. The van der Waals surface area contributed by atoms with Gasteiger partial charge in [0.05, 0.1) is 0 Å². The van der Waals surface area contributed by atoms with E-state index in [4.69, 9.17) is 0 Å². The van der Waals surface area contributed by atoms with Gasteiger partial charge in [0.2, 0.25) is 5.91 Å². The van der Waals surface area contributed by atoms with Gasteiger partial charge in [-0.2, -0.15) is 0 Å². The number of nitrogens with one attached hydrogen (secondary N) is 2. The van der Waals surface area contributed by atoms with Crippen LogP contribution in [0, 0.1) is 6.92 Å². The molecular weight excluding hydrogens is 264 g/mol. The Bertz CT molecular complexity index is 635. The molecule has 0 aliphatic rings. The van der Waals surface area contributed by atoms with Crippen LogP contribution in [0.5, 0.6) is 0 Å². The minimum Gasteiger partial charge on any atom is -0.338 e. The number of hydrogen-bond donors (Lipinski definition) is 2. The normalized spacial score (nSPS) is 10.5. The summed E-state index contributed by atoms with van der Waals surface area (Å²) < 4.78 is 0. The Morgan fingerprint density at radius 1 is 1.10 bits per heavy atom. The number of benzene rings is 1. The third-order valence-electron chi connectivity index (χ3n) is 3.15. The van der Waals surface area contributed by atoms with Gasteiger partial charge >= 0.3 is 0 Å². The van der Waals surface area contributed by atoms with Crippen molar-refractivity contribution >= 4 is 23.2 Å². The van der Waals surface area contributed by atoms with Crippen LogP contribution in [0.15, 0.2) is 30.3 Å². The molecule has 21 heavy (non-hydrogen) atoms. The highest BCUT2D eigenvalue weighted by molar-refractivity contribution is 5.87. The summed E-state index contributed by atoms with van der Waals surface area (Å²) in [6.07, 6.45) is 0. The van der Waals surface area contributed by atoms with Crippen LogP contribution in [0.2, 0.25) is 0 Å². The second-order valence-corrected chi connectivity index (χ2v) is 5.30. The number of carbonyl (C=O) groups excluding carboxylic acids is 1. The molecule has 0 spiro atoms. The summed E-state index contributed by atoms with van der Waals surface area (Å²) in [7, 11) is 0. The molecule has 2 rings (SSSR count). The van der Waals surface area contributed by atoms with Crippen LogP contribution in [0.25, 0.3) is 0 Å². The van der Waals surface area contributed by atoms with E-state index in [2.05, 4.69) is 59.8 Å². The third kappa shape index (κ3) is 3.78. The van der Waals surface area contributed by atoms with Crippen molar-refractivity contribution in [2.75, 3.05) is 10.6 Å². The van der Waals surface area contributed by atoms with Crippen molar-refractivity contribution < 1.29 is 4.79 Å². The first-order valence-electron chi connectivity index (χ1n) is 6.95. The summed E-state index contributed by atoms with van der Waals surface area (Å²) in [5, 5.41) is 14.0. The average Bonchev–Trinajstić information content (AvgIpc) is 2.42. The molecule has 1 amide bonds. The first-order valence-corrected chi connectivity index (χ1v) is 6.95. The quantitative estimate of drug-likeness (QED) is 0.900. The number of nitrogens with zero attached hydrogens (tertiary/aromatic N) is 2. The van der Waals surface area contributed by atoms with Crippen LogP contribution in [-0.4, -0.2) is 16.1 Å². The van der Waals surface area contributed by atoms with E-state index in [-0.39, 0.29) is 5.91 Å². The first-order chi connectivity index (χ1) is 9.97. The molecule has 1 heterocycles. The highest BCUT2D eigenvalue weighted by atomic mass is 16.1. The maximum absolute atomic E-state index is 11.0. The average molecular weight is 284 g/mol. The fourth-order valence-electron chi connectivity index (χ4n) is 2.12. The van der Waals surface area contributed by atoms with Crippen molar-refractivity contribution in [3.8, 4) is 0 Å². The topological polar surface area (TPSA) is 66.9 Å². The van der Waals surface area contributed by atoms with E-state index in [1.54, 1.807) is 12.1 Å². The maximum Gasteiger partial charge on any atom is 0.222 e. The van der Waals surface area contributed by atoms with Gasteiger partial charge in [0.25, 0.3) is 0 Å². The smallest absolute Gasteiger partial charge is 0.222 e.